The number of fused-ring (bicyclic) bond motifs is 1. The number of rotatable bonds is 5. The molecule has 0 amide bonds. The zero-order chi connectivity index (χ0) is 15.4. The van der Waals surface area contributed by atoms with Crippen LogP contribution in [0.25, 0.3) is 11.4 Å². The van der Waals surface area contributed by atoms with Gasteiger partial charge in [-0.15, -0.1) is 0 Å². The highest BCUT2D eigenvalue weighted by Crippen LogP contribution is 2.27. The summed E-state index contributed by atoms with van der Waals surface area (Å²) in [5, 5.41) is 0. The van der Waals surface area contributed by atoms with Crippen LogP contribution in [0.15, 0.2) is 30.3 Å². The molecule has 1 heterocycles. The molecule has 0 aliphatic heterocycles. The van der Waals surface area contributed by atoms with Crippen molar-refractivity contribution >= 4 is 12.2 Å². The predicted molar refractivity (Wildman–Crippen MR) is 94.7 cm³/mol. The Morgan fingerprint density at radius 2 is 1.86 bits per heavy atom. The smallest absolute Gasteiger partial charge is 0.141 e. The van der Waals surface area contributed by atoms with Crippen LogP contribution in [-0.2, 0) is 19.4 Å². The fourth-order valence-corrected chi connectivity index (χ4v) is 3.64. The summed E-state index contributed by atoms with van der Waals surface area (Å²) in [7, 11) is 0. The van der Waals surface area contributed by atoms with Gasteiger partial charge in [0.15, 0.2) is 0 Å². The second-order valence-corrected chi connectivity index (χ2v) is 6.48. The fourth-order valence-electron chi connectivity index (χ4n) is 3.34. The summed E-state index contributed by atoms with van der Waals surface area (Å²) in [4.78, 5) is 4.81. The van der Waals surface area contributed by atoms with Crippen molar-refractivity contribution in [3.05, 3.63) is 46.2 Å². The molecule has 0 radical (unpaired) electrons. The standard InChI is InChI=1S/C19H24N2S/c1-2-3-9-14-21-17-13-8-7-12-16(17)19(22)20-18(21)15-10-5-4-6-11-15/h4-6,10-11H,2-3,7-9,12-14H2,1H3. The third-order valence-corrected chi connectivity index (χ3v) is 4.84. The highest BCUT2D eigenvalue weighted by molar-refractivity contribution is 7.71. The molecule has 0 fully saturated rings. The van der Waals surface area contributed by atoms with Gasteiger partial charge in [-0.3, -0.25) is 0 Å². The molecule has 1 aromatic heterocycles. The minimum absolute atomic E-state index is 0.820. The van der Waals surface area contributed by atoms with E-state index in [9.17, 15) is 0 Å². The number of benzene rings is 1. The van der Waals surface area contributed by atoms with E-state index >= 15 is 0 Å². The van der Waals surface area contributed by atoms with E-state index in [0.29, 0.717) is 0 Å². The van der Waals surface area contributed by atoms with E-state index in [1.807, 2.05) is 0 Å². The van der Waals surface area contributed by atoms with Crippen molar-refractivity contribution in [3.63, 3.8) is 0 Å². The Hall–Kier alpha value is -1.48. The lowest BCUT2D eigenvalue weighted by molar-refractivity contribution is 0.543. The summed E-state index contributed by atoms with van der Waals surface area (Å²) in [6.45, 7) is 3.31. The number of aromatic nitrogens is 2. The lowest BCUT2D eigenvalue weighted by atomic mass is 9.96. The van der Waals surface area contributed by atoms with Crippen molar-refractivity contribution in [1.82, 2.24) is 9.55 Å². The van der Waals surface area contributed by atoms with Crippen LogP contribution in [0.4, 0.5) is 0 Å². The van der Waals surface area contributed by atoms with Crippen molar-refractivity contribution in [2.45, 2.75) is 58.4 Å². The van der Waals surface area contributed by atoms with E-state index in [1.54, 1.807) is 0 Å². The Balaban J connectivity index is 2.11. The minimum Gasteiger partial charge on any atom is -0.329 e. The summed E-state index contributed by atoms with van der Waals surface area (Å²) < 4.78 is 3.27. The first kappa shape index (κ1) is 15.4. The van der Waals surface area contributed by atoms with Crippen LogP contribution in [0.2, 0.25) is 0 Å². The molecule has 0 bridgehead atoms. The van der Waals surface area contributed by atoms with E-state index in [-0.39, 0.29) is 0 Å². The maximum atomic E-state index is 5.60. The Kier molecular flexibility index (Phi) is 5.04. The van der Waals surface area contributed by atoms with E-state index in [1.165, 1.54) is 48.9 Å². The Morgan fingerprint density at radius 1 is 1.09 bits per heavy atom. The first-order valence-electron chi connectivity index (χ1n) is 8.49. The van der Waals surface area contributed by atoms with Gasteiger partial charge in [0.25, 0.3) is 0 Å². The first-order valence-corrected chi connectivity index (χ1v) is 8.90. The van der Waals surface area contributed by atoms with E-state index in [4.69, 9.17) is 17.2 Å². The Labute approximate surface area is 138 Å². The van der Waals surface area contributed by atoms with Crippen molar-refractivity contribution in [1.29, 1.82) is 0 Å². The van der Waals surface area contributed by atoms with Crippen molar-refractivity contribution in [2.75, 3.05) is 0 Å². The van der Waals surface area contributed by atoms with Gasteiger partial charge in [-0.1, -0.05) is 62.3 Å². The summed E-state index contributed by atoms with van der Waals surface area (Å²) in [5.41, 5.74) is 3.96. The zero-order valence-electron chi connectivity index (χ0n) is 13.3. The minimum atomic E-state index is 0.820. The normalized spacial score (nSPS) is 13.9. The summed E-state index contributed by atoms with van der Waals surface area (Å²) in [6, 6.07) is 10.5. The molecule has 1 aliphatic rings. The quantitative estimate of drug-likeness (QED) is 0.547. The Bertz CT molecular complexity index is 689. The van der Waals surface area contributed by atoms with E-state index in [2.05, 4.69) is 41.8 Å². The van der Waals surface area contributed by atoms with Crippen LogP contribution in [-0.4, -0.2) is 9.55 Å². The van der Waals surface area contributed by atoms with Gasteiger partial charge in [-0.25, -0.2) is 4.98 Å². The molecule has 3 heteroatoms. The van der Waals surface area contributed by atoms with Gasteiger partial charge in [0.05, 0.1) is 0 Å². The maximum absolute atomic E-state index is 5.60. The van der Waals surface area contributed by atoms with Crippen LogP contribution in [0.1, 0.15) is 50.3 Å². The largest absolute Gasteiger partial charge is 0.329 e. The summed E-state index contributed by atoms with van der Waals surface area (Å²) in [5.74, 6) is 1.06. The van der Waals surface area contributed by atoms with Gasteiger partial charge in [0.1, 0.15) is 10.5 Å². The number of nitrogens with zero attached hydrogens (tertiary/aromatic N) is 2. The highest BCUT2D eigenvalue weighted by Gasteiger charge is 2.18. The lowest BCUT2D eigenvalue weighted by Gasteiger charge is -2.24. The topological polar surface area (TPSA) is 17.8 Å². The first-order chi connectivity index (χ1) is 10.8. The average molecular weight is 312 g/mol. The molecule has 116 valence electrons. The van der Waals surface area contributed by atoms with E-state index in [0.717, 1.165) is 29.9 Å². The molecule has 2 nitrogen and oxygen atoms in total. The molecule has 0 saturated heterocycles. The van der Waals surface area contributed by atoms with Gasteiger partial charge in [-0.05, 0) is 32.1 Å². The van der Waals surface area contributed by atoms with Gasteiger partial charge < -0.3 is 4.57 Å². The summed E-state index contributed by atoms with van der Waals surface area (Å²) >= 11 is 5.60. The molecule has 0 saturated carbocycles. The van der Waals surface area contributed by atoms with Crippen LogP contribution < -0.4 is 0 Å². The van der Waals surface area contributed by atoms with Crippen LogP contribution in [0.3, 0.4) is 0 Å². The second-order valence-electron chi connectivity index (χ2n) is 6.10. The Morgan fingerprint density at radius 3 is 2.64 bits per heavy atom. The van der Waals surface area contributed by atoms with E-state index < -0.39 is 0 Å². The van der Waals surface area contributed by atoms with Crippen LogP contribution >= 0.6 is 12.2 Å². The number of hydrogen-bond acceptors (Lipinski definition) is 2. The van der Waals surface area contributed by atoms with Gasteiger partial charge in [-0.2, -0.15) is 0 Å². The molecule has 0 spiro atoms. The molecule has 1 aromatic carbocycles. The third kappa shape index (κ3) is 3.14. The molecular weight excluding hydrogens is 288 g/mol. The van der Waals surface area contributed by atoms with Crippen molar-refractivity contribution in [2.24, 2.45) is 0 Å². The molecule has 0 atom stereocenters. The molecule has 0 unspecified atom stereocenters. The molecule has 0 N–H and O–H groups in total. The van der Waals surface area contributed by atoms with Crippen molar-refractivity contribution < 1.29 is 0 Å². The third-order valence-electron chi connectivity index (χ3n) is 4.50. The fraction of sp³-hybridized carbons (Fsp3) is 0.474. The average Bonchev–Trinajstić information content (AvgIpc) is 2.58. The molecule has 2 aromatic rings. The predicted octanol–water partition coefficient (Wildman–Crippen LogP) is 5.35. The summed E-state index contributed by atoms with van der Waals surface area (Å²) in [6.07, 6.45) is 8.50. The molecule has 3 rings (SSSR count). The zero-order valence-corrected chi connectivity index (χ0v) is 14.2. The number of unbranched alkanes of at least 4 members (excludes halogenated alkanes) is 2. The van der Waals surface area contributed by atoms with Gasteiger partial charge in [0, 0.05) is 23.4 Å². The lowest BCUT2D eigenvalue weighted by Crippen LogP contribution is -2.18. The van der Waals surface area contributed by atoms with Gasteiger partial charge >= 0.3 is 0 Å². The van der Waals surface area contributed by atoms with Crippen LogP contribution in [0.5, 0.6) is 0 Å². The maximum Gasteiger partial charge on any atom is 0.141 e. The highest BCUT2D eigenvalue weighted by atomic mass is 32.1. The van der Waals surface area contributed by atoms with Crippen LogP contribution in [0, 0.1) is 4.64 Å². The van der Waals surface area contributed by atoms with Crippen molar-refractivity contribution in [3.8, 4) is 11.4 Å². The SMILES string of the molecule is CCCCCn1c(-c2ccccc2)nc(=S)c2c1CCCC2. The molecule has 1 aliphatic carbocycles. The number of hydrogen-bond donors (Lipinski definition) is 0. The second kappa shape index (κ2) is 7.19. The van der Waals surface area contributed by atoms with Gasteiger partial charge in [0.2, 0.25) is 0 Å². The molecule has 22 heavy (non-hydrogen) atoms. The monoisotopic (exact) mass is 312 g/mol. The molecular formula is C19H24N2S.